The predicted octanol–water partition coefficient (Wildman–Crippen LogP) is 1.95. The van der Waals surface area contributed by atoms with E-state index < -0.39 is 4.92 Å². The minimum Gasteiger partial charge on any atom is -0.489 e. The zero-order valence-corrected chi connectivity index (χ0v) is 11.2. The largest absolute Gasteiger partial charge is 0.489 e. The number of para-hydroxylation sites is 1. The number of aliphatic hydroxyl groups excluding tert-OH is 1. The molecule has 0 bridgehead atoms. The van der Waals surface area contributed by atoms with Crippen molar-refractivity contribution in [2.45, 2.75) is 13.2 Å². The number of ether oxygens (including phenoxy) is 1. The van der Waals surface area contributed by atoms with Crippen LogP contribution in [-0.4, -0.2) is 10.0 Å². The highest BCUT2D eigenvalue weighted by molar-refractivity contribution is 5.62. The first kappa shape index (κ1) is 14.8. The van der Waals surface area contributed by atoms with E-state index in [0.29, 0.717) is 11.3 Å². The smallest absolute Gasteiger partial charge is 0.293 e. The van der Waals surface area contributed by atoms with Gasteiger partial charge in [-0.1, -0.05) is 18.2 Å². The van der Waals surface area contributed by atoms with Gasteiger partial charge in [0.25, 0.3) is 5.69 Å². The fourth-order valence-corrected chi connectivity index (χ4v) is 1.88. The number of hydrazine groups is 1. The fraction of sp³-hybridized carbons (Fsp3) is 0.143. The van der Waals surface area contributed by atoms with Crippen LogP contribution in [0.1, 0.15) is 11.1 Å². The van der Waals surface area contributed by atoms with Gasteiger partial charge in [-0.2, -0.15) is 0 Å². The molecule has 0 aliphatic rings. The third-order valence-corrected chi connectivity index (χ3v) is 2.95. The van der Waals surface area contributed by atoms with Gasteiger partial charge in [-0.25, -0.2) is 0 Å². The lowest BCUT2D eigenvalue weighted by Gasteiger charge is -2.11. The number of anilines is 1. The molecule has 4 N–H and O–H groups in total. The lowest BCUT2D eigenvalue weighted by molar-refractivity contribution is -0.384. The van der Waals surface area contributed by atoms with E-state index in [1.54, 1.807) is 36.4 Å². The number of nitrogens with zero attached hydrogens (tertiary/aromatic N) is 1. The van der Waals surface area contributed by atoms with Gasteiger partial charge in [0.15, 0.2) is 0 Å². The third kappa shape index (κ3) is 3.47. The van der Waals surface area contributed by atoms with Gasteiger partial charge >= 0.3 is 0 Å². The molecular weight excluding hydrogens is 274 g/mol. The summed E-state index contributed by atoms with van der Waals surface area (Å²) in [5, 5.41) is 20.0. The molecule has 7 nitrogen and oxygen atoms in total. The number of nitrogens with one attached hydrogen (secondary N) is 1. The Bertz CT molecular complexity index is 646. The molecule has 0 aliphatic heterocycles. The zero-order valence-electron chi connectivity index (χ0n) is 11.2. The van der Waals surface area contributed by atoms with Crippen molar-refractivity contribution in [3.8, 4) is 5.75 Å². The second kappa shape index (κ2) is 6.69. The first-order valence-electron chi connectivity index (χ1n) is 6.21. The molecule has 0 aromatic heterocycles. The van der Waals surface area contributed by atoms with Crippen LogP contribution in [0.2, 0.25) is 0 Å². The lowest BCUT2D eigenvalue weighted by atomic mass is 10.2. The maximum absolute atomic E-state index is 10.8. The third-order valence-electron chi connectivity index (χ3n) is 2.95. The van der Waals surface area contributed by atoms with Gasteiger partial charge in [0, 0.05) is 11.6 Å². The number of hydrogen-bond acceptors (Lipinski definition) is 6. The van der Waals surface area contributed by atoms with Crippen LogP contribution < -0.4 is 16.0 Å². The SMILES string of the molecule is NNc1cc(COc2ccccc2CO)ccc1[N+](=O)[O-]. The van der Waals surface area contributed by atoms with Gasteiger partial charge < -0.3 is 15.3 Å². The second-order valence-electron chi connectivity index (χ2n) is 4.31. The molecule has 21 heavy (non-hydrogen) atoms. The van der Waals surface area contributed by atoms with E-state index >= 15 is 0 Å². The van der Waals surface area contributed by atoms with Crippen LogP contribution in [-0.2, 0) is 13.2 Å². The number of nitro benzene ring substituents is 1. The van der Waals surface area contributed by atoms with Crippen LogP contribution in [0.25, 0.3) is 0 Å². The standard InChI is InChI=1S/C14H15N3O4/c15-16-12-7-10(5-6-13(12)17(19)20)9-21-14-4-2-1-3-11(14)8-18/h1-7,16,18H,8-9,15H2. The fourth-order valence-electron chi connectivity index (χ4n) is 1.88. The van der Waals surface area contributed by atoms with E-state index in [2.05, 4.69) is 5.43 Å². The summed E-state index contributed by atoms with van der Waals surface area (Å²) in [5.74, 6) is 5.85. The van der Waals surface area contributed by atoms with Crippen molar-refractivity contribution in [2.24, 2.45) is 5.84 Å². The Labute approximate surface area is 121 Å². The molecule has 2 aromatic carbocycles. The van der Waals surface area contributed by atoms with Crippen molar-refractivity contribution in [3.05, 3.63) is 63.7 Å². The Morgan fingerprint density at radius 1 is 1.29 bits per heavy atom. The number of rotatable bonds is 6. The average molecular weight is 289 g/mol. The van der Waals surface area contributed by atoms with Crippen molar-refractivity contribution < 1.29 is 14.8 Å². The quantitative estimate of drug-likeness (QED) is 0.426. The molecule has 0 saturated heterocycles. The summed E-state index contributed by atoms with van der Waals surface area (Å²) in [4.78, 5) is 10.3. The number of nitro groups is 1. The molecule has 0 amide bonds. The summed E-state index contributed by atoms with van der Waals surface area (Å²) in [7, 11) is 0. The Kier molecular flexibility index (Phi) is 4.70. The van der Waals surface area contributed by atoms with E-state index in [1.165, 1.54) is 6.07 Å². The van der Waals surface area contributed by atoms with E-state index in [9.17, 15) is 15.2 Å². The normalized spacial score (nSPS) is 10.2. The zero-order chi connectivity index (χ0) is 15.2. The maximum atomic E-state index is 10.8. The molecule has 0 atom stereocenters. The average Bonchev–Trinajstić information content (AvgIpc) is 2.52. The number of benzene rings is 2. The monoisotopic (exact) mass is 289 g/mol. The predicted molar refractivity (Wildman–Crippen MR) is 77.6 cm³/mol. The van der Waals surface area contributed by atoms with Gasteiger partial charge in [-0.15, -0.1) is 0 Å². The molecule has 0 heterocycles. The number of hydrogen-bond donors (Lipinski definition) is 3. The van der Waals surface area contributed by atoms with E-state index in [1.807, 2.05) is 0 Å². The highest BCUT2D eigenvalue weighted by Crippen LogP contribution is 2.25. The molecule has 0 aliphatic carbocycles. The van der Waals surface area contributed by atoms with Crippen LogP contribution in [0.15, 0.2) is 42.5 Å². The molecule has 7 heteroatoms. The molecule has 110 valence electrons. The van der Waals surface area contributed by atoms with Crippen LogP contribution in [0, 0.1) is 10.1 Å². The Morgan fingerprint density at radius 3 is 2.71 bits per heavy atom. The molecule has 0 radical (unpaired) electrons. The van der Waals surface area contributed by atoms with Crippen LogP contribution >= 0.6 is 0 Å². The molecule has 2 rings (SSSR count). The molecule has 0 spiro atoms. The Balaban J connectivity index is 2.15. The van der Waals surface area contributed by atoms with E-state index in [4.69, 9.17) is 10.6 Å². The van der Waals surface area contributed by atoms with Gasteiger partial charge in [0.1, 0.15) is 18.0 Å². The second-order valence-corrected chi connectivity index (χ2v) is 4.31. The van der Waals surface area contributed by atoms with Crippen molar-refractivity contribution >= 4 is 11.4 Å². The summed E-state index contributed by atoms with van der Waals surface area (Å²) >= 11 is 0. The molecule has 0 fully saturated rings. The molecule has 2 aromatic rings. The summed E-state index contributed by atoms with van der Waals surface area (Å²) in [6.45, 7) is 0.0930. The number of aliphatic hydroxyl groups is 1. The number of nitrogen functional groups attached to an aromatic ring is 1. The highest BCUT2D eigenvalue weighted by Gasteiger charge is 2.13. The van der Waals surface area contributed by atoms with Crippen molar-refractivity contribution in [1.82, 2.24) is 0 Å². The van der Waals surface area contributed by atoms with Gasteiger partial charge in [-0.3, -0.25) is 16.0 Å². The van der Waals surface area contributed by atoms with E-state index in [0.717, 1.165) is 5.56 Å². The minimum atomic E-state index is -0.513. The molecular formula is C14H15N3O4. The lowest BCUT2D eigenvalue weighted by Crippen LogP contribution is -2.10. The summed E-state index contributed by atoms with van der Waals surface area (Å²) < 4.78 is 5.62. The van der Waals surface area contributed by atoms with Crippen LogP contribution in [0.3, 0.4) is 0 Å². The van der Waals surface area contributed by atoms with Crippen molar-refractivity contribution in [3.63, 3.8) is 0 Å². The summed E-state index contributed by atoms with van der Waals surface area (Å²) in [6, 6.07) is 11.6. The number of nitrogens with two attached hydrogens (primary N) is 1. The van der Waals surface area contributed by atoms with Crippen LogP contribution in [0.5, 0.6) is 5.75 Å². The van der Waals surface area contributed by atoms with Crippen molar-refractivity contribution in [2.75, 3.05) is 5.43 Å². The maximum Gasteiger partial charge on any atom is 0.293 e. The van der Waals surface area contributed by atoms with Gasteiger partial charge in [0.05, 0.1) is 11.5 Å². The Hall–Kier alpha value is -2.64. The Morgan fingerprint density at radius 2 is 2.05 bits per heavy atom. The first-order chi connectivity index (χ1) is 10.2. The summed E-state index contributed by atoms with van der Waals surface area (Å²) in [6.07, 6.45) is 0. The molecule has 0 saturated carbocycles. The summed E-state index contributed by atoms with van der Waals surface area (Å²) in [5.41, 5.74) is 3.82. The van der Waals surface area contributed by atoms with Gasteiger partial charge in [-0.05, 0) is 23.8 Å². The first-order valence-corrected chi connectivity index (χ1v) is 6.21. The van der Waals surface area contributed by atoms with Gasteiger partial charge in [0.2, 0.25) is 0 Å². The van der Waals surface area contributed by atoms with Crippen molar-refractivity contribution in [1.29, 1.82) is 0 Å². The van der Waals surface area contributed by atoms with E-state index in [-0.39, 0.29) is 24.6 Å². The topological polar surface area (TPSA) is 111 Å². The minimum absolute atomic E-state index is 0.1000. The molecule has 0 unspecified atom stereocenters. The highest BCUT2D eigenvalue weighted by atomic mass is 16.6. The van der Waals surface area contributed by atoms with Crippen LogP contribution in [0.4, 0.5) is 11.4 Å².